The minimum absolute atomic E-state index is 0.566. The van der Waals surface area contributed by atoms with Crippen molar-refractivity contribution in [2.75, 3.05) is 0 Å². The molecule has 0 aliphatic carbocycles. The third-order valence-electron chi connectivity index (χ3n) is 10.4. The normalized spacial score (nSPS) is 12.6. The van der Waals surface area contributed by atoms with Crippen LogP contribution in [0.3, 0.4) is 0 Å². The standard InChI is InChI=1S/C48H32N4O2S2/c53-26-42-32(24-25-55-42)47-33(28-56-43(47)27-54)48-40-22-20-38(51-40)45(30-12-6-2-7-13-30)36-18-16-34(49-36)44(29-10-4-1-5-11-29)35-17-19-37(50-35)46(31-14-8-3-9-15-31)39-21-23-41(48)52-39/h1-28,49-52H. The molecule has 0 saturated carbocycles. The van der Waals surface area contributed by atoms with Crippen LogP contribution < -0.4 is 21.4 Å². The van der Waals surface area contributed by atoms with Gasteiger partial charge in [-0.3, -0.25) is 9.59 Å². The van der Waals surface area contributed by atoms with Crippen LogP contribution in [-0.2, 0) is 0 Å². The van der Waals surface area contributed by atoms with Gasteiger partial charge in [0.2, 0.25) is 0 Å². The SMILES string of the molecule is O=Cc1sccc1-c1c(C2=c3ccc([nH]3)=C(c3ccccc3)c3ccc([nH]3)C(c3ccccc3)=c3ccc([nH]3)=C(c3ccccc3)c3ccc2[nH]3)csc1C=O. The molecule has 0 unspecified atom stereocenters. The van der Waals surface area contributed by atoms with E-state index in [4.69, 9.17) is 0 Å². The van der Waals surface area contributed by atoms with Crippen LogP contribution in [0.25, 0.3) is 33.4 Å². The molecule has 8 bridgehead atoms. The van der Waals surface area contributed by atoms with Gasteiger partial charge in [-0.05, 0) is 76.7 Å². The Balaban J connectivity index is 1.36. The molecule has 0 fully saturated rings. The zero-order valence-electron chi connectivity index (χ0n) is 29.8. The predicted octanol–water partition coefficient (Wildman–Crippen LogP) is 7.72. The summed E-state index contributed by atoms with van der Waals surface area (Å²) in [6.45, 7) is 0. The number of aromatic amines is 4. The zero-order chi connectivity index (χ0) is 37.6. The highest BCUT2D eigenvalue weighted by molar-refractivity contribution is 7.13. The Kier molecular flexibility index (Phi) is 8.40. The molecule has 10 rings (SSSR count). The molecule has 0 radical (unpaired) electrons. The van der Waals surface area contributed by atoms with Crippen molar-refractivity contribution >= 4 is 57.5 Å². The zero-order valence-corrected chi connectivity index (χ0v) is 31.4. The number of fused-ring (bicyclic) bond motifs is 8. The van der Waals surface area contributed by atoms with E-state index in [-0.39, 0.29) is 0 Å². The molecule has 8 heteroatoms. The highest BCUT2D eigenvalue weighted by Gasteiger charge is 2.24. The van der Waals surface area contributed by atoms with Gasteiger partial charge < -0.3 is 19.9 Å². The van der Waals surface area contributed by atoms with Gasteiger partial charge in [0.05, 0.1) is 9.75 Å². The molecule has 0 spiro atoms. The minimum atomic E-state index is 0.566. The van der Waals surface area contributed by atoms with Gasteiger partial charge in [-0.1, -0.05) is 91.0 Å². The van der Waals surface area contributed by atoms with Crippen molar-refractivity contribution in [3.63, 3.8) is 0 Å². The summed E-state index contributed by atoms with van der Waals surface area (Å²) in [5.74, 6) is 0. The monoisotopic (exact) mass is 760 g/mol. The van der Waals surface area contributed by atoms with Gasteiger partial charge in [0.25, 0.3) is 0 Å². The summed E-state index contributed by atoms with van der Waals surface area (Å²) in [5.41, 5.74) is 13.2. The van der Waals surface area contributed by atoms with E-state index in [9.17, 15) is 9.59 Å². The van der Waals surface area contributed by atoms with E-state index in [1.807, 2.05) is 35.0 Å². The van der Waals surface area contributed by atoms with Crippen LogP contribution in [0.5, 0.6) is 0 Å². The predicted molar refractivity (Wildman–Crippen MR) is 226 cm³/mol. The number of nitrogens with one attached hydrogen (secondary N) is 4. The molecule has 4 N–H and O–H groups in total. The van der Waals surface area contributed by atoms with Crippen molar-refractivity contribution in [3.05, 3.63) is 233 Å². The second-order valence-electron chi connectivity index (χ2n) is 13.6. The molecular formula is C48H32N4O2S2. The molecule has 6 aromatic heterocycles. The number of carbonyl (C=O) groups excluding carboxylic acids is 2. The fraction of sp³-hybridized carbons (Fsp3) is 0. The van der Waals surface area contributed by atoms with Crippen molar-refractivity contribution in [1.29, 1.82) is 0 Å². The summed E-state index contributed by atoms with van der Waals surface area (Å²) in [6, 6.07) is 50.2. The molecule has 0 atom stereocenters. The maximum absolute atomic E-state index is 12.6. The smallest absolute Gasteiger partial charge is 0.160 e. The van der Waals surface area contributed by atoms with Crippen LogP contribution in [0.1, 0.15) is 64.4 Å². The lowest BCUT2D eigenvalue weighted by Gasteiger charge is -2.11. The summed E-state index contributed by atoms with van der Waals surface area (Å²) >= 11 is 2.75. The van der Waals surface area contributed by atoms with Gasteiger partial charge in [-0.25, -0.2) is 0 Å². The number of hydrogen-bond donors (Lipinski definition) is 4. The quantitative estimate of drug-likeness (QED) is 0.125. The third kappa shape index (κ3) is 5.71. The number of benzene rings is 3. The molecular weight excluding hydrogens is 729 g/mol. The van der Waals surface area contributed by atoms with Gasteiger partial charge in [0.15, 0.2) is 12.6 Å². The van der Waals surface area contributed by atoms with Gasteiger partial charge in [-0.2, -0.15) is 0 Å². The number of aldehydes is 2. The van der Waals surface area contributed by atoms with E-state index < -0.39 is 0 Å². The van der Waals surface area contributed by atoms with Crippen LogP contribution in [-0.4, -0.2) is 32.5 Å². The largest absolute Gasteiger partial charge is 0.354 e. The number of aromatic nitrogens is 4. The maximum Gasteiger partial charge on any atom is 0.160 e. The average molecular weight is 761 g/mol. The molecule has 268 valence electrons. The first-order chi connectivity index (χ1) is 27.7. The van der Waals surface area contributed by atoms with Crippen LogP contribution in [0.15, 0.2) is 156 Å². The van der Waals surface area contributed by atoms with Gasteiger partial charge in [-0.15, -0.1) is 22.7 Å². The van der Waals surface area contributed by atoms with Gasteiger partial charge >= 0.3 is 0 Å². The Bertz CT molecular complexity index is 3170. The molecule has 1 aliphatic rings. The van der Waals surface area contributed by atoms with Crippen LogP contribution >= 0.6 is 22.7 Å². The fourth-order valence-electron chi connectivity index (χ4n) is 7.91. The Hall–Kier alpha value is -7.00. The molecule has 6 nitrogen and oxygen atoms in total. The van der Waals surface area contributed by atoms with E-state index in [0.29, 0.717) is 9.75 Å². The number of thiophene rings is 2. The molecule has 3 aromatic carbocycles. The van der Waals surface area contributed by atoms with E-state index in [2.05, 4.69) is 141 Å². The topological polar surface area (TPSA) is 97.3 Å². The average Bonchev–Trinajstić information content (AvgIpc) is 4.10. The Morgan fingerprint density at radius 1 is 0.375 bits per heavy atom. The Morgan fingerprint density at radius 2 is 0.786 bits per heavy atom. The van der Waals surface area contributed by atoms with Crippen molar-refractivity contribution in [1.82, 2.24) is 19.9 Å². The lowest BCUT2D eigenvalue weighted by molar-refractivity contribution is 0.111. The van der Waals surface area contributed by atoms with E-state index in [1.54, 1.807) is 0 Å². The second-order valence-corrected chi connectivity index (χ2v) is 15.4. The first-order valence-corrected chi connectivity index (χ1v) is 20.0. The molecule has 7 heterocycles. The highest BCUT2D eigenvalue weighted by Crippen LogP contribution is 2.40. The third-order valence-corrected chi connectivity index (χ3v) is 12.1. The maximum atomic E-state index is 12.6. The van der Waals surface area contributed by atoms with Crippen molar-refractivity contribution < 1.29 is 9.59 Å². The van der Waals surface area contributed by atoms with Crippen molar-refractivity contribution in [3.8, 4) is 11.1 Å². The first-order valence-electron chi connectivity index (χ1n) is 18.2. The lowest BCUT2D eigenvalue weighted by Crippen LogP contribution is -2.19. The minimum Gasteiger partial charge on any atom is -0.354 e. The van der Waals surface area contributed by atoms with E-state index >= 15 is 0 Å². The van der Waals surface area contributed by atoms with Crippen molar-refractivity contribution in [2.45, 2.75) is 0 Å². The summed E-state index contributed by atoms with van der Waals surface area (Å²) in [7, 11) is 0. The number of carbonyl (C=O) groups is 2. The molecule has 1 aliphatic heterocycles. The Labute approximate surface area is 329 Å². The second kappa shape index (κ2) is 14.0. The van der Waals surface area contributed by atoms with E-state index in [0.717, 1.165) is 112 Å². The molecule has 0 saturated heterocycles. The van der Waals surface area contributed by atoms with Gasteiger partial charge in [0.1, 0.15) is 0 Å². The number of rotatable bonds is 7. The van der Waals surface area contributed by atoms with Gasteiger partial charge in [0, 0.05) is 88.5 Å². The van der Waals surface area contributed by atoms with E-state index in [1.165, 1.54) is 22.7 Å². The summed E-state index contributed by atoms with van der Waals surface area (Å²) in [4.78, 5) is 41.3. The van der Waals surface area contributed by atoms with Crippen LogP contribution in [0, 0.1) is 0 Å². The van der Waals surface area contributed by atoms with Crippen LogP contribution in [0.2, 0.25) is 0 Å². The molecule has 56 heavy (non-hydrogen) atoms. The van der Waals surface area contributed by atoms with Crippen molar-refractivity contribution in [2.24, 2.45) is 0 Å². The van der Waals surface area contributed by atoms with Crippen LogP contribution in [0.4, 0.5) is 0 Å². The highest BCUT2D eigenvalue weighted by atomic mass is 32.1. The first kappa shape index (κ1) is 33.6. The molecule has 0 amide bonds. The number of H-pyrrole nitrogens is 4. The fourth-order valence-corrected chi connectivity index (χ4v) is 9.48. The lowest BCUT2D eigenvalue weighted by atomic mass is 9.95. The Morgan fingerprint density at radius 3 is 1.21 bits per heavy atom. The number of hydrogen-bond acceptors (Lipinski definition) is 4. The summed E-state index contributed by atoms with van der Waals surface area (Å²) in [6.07, 6.45) is 1.76. The molecule has 9 aromatic rings. The summed E-state index contributed by atoms with van der Waals surface area (Å²) in [5, 5.41) is 7.65. The summed E-state index contributed by atoms with van der Waals surface area (Å²) < 4.78 is 0.